The van der Waals surface area contributed by atoms with Gasteiger partial charge in [-0.25, -0.2) is 9.37 Å². The van der Waals surface area contributed by atoms with E-state index in [4.69, 9.17) is 17.3 Å². The molecule has 0 radical (unpaired) electrons. The second-order valence-corrected chi connectivity index (χ2v) is 6.35. The van der Waals surface area contributed by atoms with E-state index in [1.54, 1.807) is 24.5 Å². The molecule has 7 heteroatoms. The summed E-state index contributed by atoms with van der Waals surface area (Å²) in [4.78, 5) is 21.5. The zero-order valence-corrected chi connectivity index (χ0v) is 13.4. The van der Waals surface area contributed by atoms with Crippen molar-refractivity contribution >= 4 is 22.5 Å². The molecule has 2 aromatic heterocycles. The second-order valence-electron chi connectivity index (χ2n) is 5.94. The Morgan fingerprint density at radius 1 is 1.33 bits per heavy atom. The quantitative estimate of drug-likeness (QED) is 0.792. The summed E-state index contributed by atoms with van der Waals surface area (Å²) in [5, 5.41) is 0.209. The molecule has 0 saturated heterocycles. The topological polar surface area (TPSA) is 73.8 Å². The standard InChI is InChI=1S/C17H14ClFN4O/c18-11-5-6-12(19)15-13(11)17(24)23(10-2-1-7-21-8-10)16(22-15)14(20)9-3-4-9/h1-2,5-9,14H,3-4,20H2/t14-/m1/s1. The zero-order chi connectivity index (χ0) is 16.8. The molecule has 0 spiro atoms. The third-order valence-electron chi connectivity index (χ3n) is 4.28. The van der Waals surface area contributed by atoms with Gasteiger partial charge in [-0.05, 0) is 43.0 Å². The Morgan fingerprint density at radius 3 is 2.79 bits per heavy atom. The highest BCUT2D eigenvalue weighted by atomic mass is 35.5. The fraction of sp³-hybridized carbons (Fsp3) is 0.235. The Hall–Kier alpha value is -2.31. The Morgan fingerprint density at radius 2 is 2.12 bits per heavy atom. The fourth-order valence-corrected chi connectivity index (χ4v) is 3.09. The number of nitrogens with two attached hydrogens (primary N) is 1. The maximum absolute atomic E-state index is 14.2. The van der Waals surface area contributed by atoms with Gasteiger partial charge in [0.1, 0.15) is 17.2 Å². The molecule has 24 heavy (non-hydrogen) atoms. The number of aromatic nitrogens is 3. The van der Waals surface area contributed by atoms with Crippen molar-refractivity contribution in [2.45, 2.75) is 18.9 Å². The zero-order valence-electron chi connectivity index (χ0n) is 12.6. The van der Waals surface area contributed by atoms with Gasteiger partial charge in [0.05, 0.1) is 28.3 Å². The van der Waals surface area contributed by atoms with Crippen LogP contribution in [-0.4, -0.2) is 14.5 Å². The van der Waals surface area contributed by atoms with Gasteiger partial charge in [0, 0.05) is 6.20 Å². The maximum Gasteiger partial charge on any atom is 0.267 e. The minimum absolute atomic E-state index is 0.0428. The molecule has 1 aromatic carbocycles. The molecule has 0 bridgehead atoms. The lowest BCUT2D eigenvalue weighted by molar-refractivity contribution is 0.569. The number of pyridine rings is 1. The van der Waals surface area contributed by atoms with E-state index in [-0.39, 0.29) is 21.8 Å². The number of benzene rings is 1. The molecule has 1 atom stereocenters. The summed E-state index contributed by atoms with van der Waals surface area (Å²) in [7, 11) is 0. The first-order chi connectivity index (χ1) is 11.6. The summed E-state index contributed by atoms with van der Waals surface area (Å²) in [5.74, 6) is -0.00207. The highest BCUT2D eigenvalue weighted by Crippen LogP contribution is 2.39. The Bertz CT molecular complexity index is 985. The van der Waals surface area contributed by atoms with Gasteiger partial charge in [-0.3, -0.25) is 14.3 Å². The van der Waals surface area contributed by atoms with Crippen LogP contribution in [0.15, 0.2) is 41.5 Å². The van der Waals surface area contributed by atoms with Crippen LogP contribution in [0.25, 0.3) is 16.6 Å². The molecule has 4 rings (SSSR count). The van der Waals surface area contributed by atoms with Crippen LogP contribution in [0.1, 0.15) is 24.7 Å². The first-order valence-corrected chi connectivity index (χ1v) is 8.02. The number of fused-ring (bicyclic) bond motifs is 1. The predicted octanol–water partition coefficient (Wildman–Crippen LogP) is 2.98. The number of hydrogen-bond donors (Lipinski definition) is 1. The van der Waals surface area contributed by atoms with Crippen LogP contribution in [-0.2, 0) is 0 Å². The Labute approximate surface area is 141 Å². The molecule has 3 aromatic rings. The number of hydrogen-bond acceptors (Lipinski definition) is 4. The monoisotopic (exact) mass is 344 g/mol. The van der Waals surface area contributed by atoms with Gasteiger partial charge in [-0.2, -0.15) is 0 Å². The number of nitrogens with zero attached hydrogens (tertiary/aromatic N) is 3. The third kappa shape index (κ3) is 2.39. The van der Waals surface area contributed by atoms with Gasteiger partial charge in [-0.15, -0.1) is 0 Å². The molecule has 1 aliphatic rings. The van der Waals surface area contributed by atoms with E-state index in [0.29, 0.717) is 11.5 Å². The summed E-state index contributed by atoms with van der Waals surface area (Å²) in [6.07, 6.45) is 5.10. The second kappa shape index (κ2) is 5.65. The minimum atomic E-state index is -0.589. The van der Waals surface area contributed by atoms with Crippen molar-refractivity contribution in [3.63, 3.8) is 0 Å². The van der Waals surface area contributed by atoms with Gasteiger partial charge in [0.2, 0.25) is 0 Å². The smallest absolute Gasteiger partial charge is 0.267 e. The van der Waals surface area contributed by atoms with Crippen molar-refractivity contribution in [2.24, 2.45) is 11.7 Å². The molecule has 1 fully saturated rings. The largest absolute Gasteiger partial charge is 0.321 e. The number of rotatable bonds is 3. The summed E-state index contributed by atoms with van der Waals surface area (Å²) in [6, 6.07) is 5.57. The van der Waals surface area contributed by atoms with E-state index in [9.17, 15) is 9.18 Å². The molecular formula is C17H14ClFN4O. The lowest BCUT2D eigenvalue weighted by atomic mass is 10.1. The van der Waals surface area contributed by atoms with E-state index >= 15 is 0 Å². The molecule has 0 unspecified atom stereocenters. The molecule has 0 amide bonds. The van der Waals surface area contributed by atoms with Crippen molar-refractivity contribution < 1.29 is 4.39 Å². The van der Waals surface area contributed by atoms with Gasteiger partial charge in [0.15, 0.2) is 0 Å². The first-order valence-electron chi connectivity index (χ1n) is 7.64. The van der Waals surface area contributed by atoms with Crippen LogP contribution < -0.4 is 11.3 Å². The van der Waals surface area contributed by atoms with E-state index in [1.165, 1.54) is 16.7 Å². The van der Waals surface area contributed by atoms with Gasteiger partial charge < -0.3 is 5.73 Å². The summed E-state index contributed by atoms with van der Waals surface area (Å²) in [5.41, 5.74) is 6.34. The first kappa shape index (κ1) is 15.2. The van der Waals surface area contributed by atoms with Crippen LogP contribution in [0.4, 0.5) is 4.39 Å². The minimum Gasteiger partial charge on any atom is -0.321 e. The van der Waals surface area contributed by atoms with Crippen LogP contribution >= 0.6 is 11.6 Å². The molecule has 1 saturated carbocycles. The van der Waals surface area contributed by atoms with E-state index in [2.05, 4.69) is 9.97 Å². The highest BCUT2D eigenvalue weighted by molar-refractivity contribution is 6.35. The van der Waals surface area contributed by atoms with Crippen LogP contribution in [0.2, 0.25) is 5.02 Å². The van der Waals surface area contributed by atoms with Crippen molar-refractivity contribution in [3.8, 4) is 5.69 Å². The molecule has 5 nitrogen and oxygen atoms in total. The molecule has 122 valence electrons. The third-order valence-corrected chi connectivity index (χ3v) is 4.60. The van der Waals surface area contributed by atoms with Crippen LogP contribution in [0.5, 0.6) is 0 Å². The van der Waals surface area contributed by atoms with Crippen LogP contribution in [0.3, 0.4) is 0 Å². The lowest BCUT2D eigenvalue weighted by Gasteiger charge is -2.18. The molecule has 2 N–H and O–H groups in total. The average molecular weight is 345 g/mol. The molecule has 2 heterocycles. The summed E-state index contributed by atoms with van der Waals surface area (Å²) in [6.45, 7) is 0. The lowest BCUT2D eigenvalue weighted by Crippen LogP contribution is -2.30. The van der Waals surface area contributed by atoms with Gasteiger partial charge in [-0.1, -0.05) is 11.6 Å². The fourth-order valence-electron chi connectivity index (χ4n) is 2.86. The highest BCUT2D eigenvalue weighted by Gasteiger charge is 2.33. The van der Waals surface area contributed by atoms with Crippen molar-refractivity contribution in [1.82, 2.24) is 14.5 Å². The van der Waals surface area contributed by atoms with Crippen LogP contribution in [0, 0.1) is 11.7 Å². The van der Waals surface area contributed by atoms with Gasteiger partial charge in [0.25, 0.3) is 5.56 Å². The van der Waals surface area contributed by atoms with Crippen molar-refractivity contribution in [3.05, 3.63) is 63.7 Å². The molecule has 0 aliphatic heterocycles. The SMILES string of the molecule is N[C@@H](c1nc2c(F)ccc(Cl)c2c(=O)n1-c1cccnc1)C1CC1. The molecular weight excluding hydrogens is 331 g/mol. The van der Waals surface area contributed by atoms with E-state index in [1.807, 2.05) is 0 Å². The Balaban J connectivity index is 2.11. The molecule has 1 aliphatic carbocycles. The van der Waals surface area contributed by atoms with Gasteiger partial charge >= 0.3 is 0 Å². The van der Waals surface area contributed by atoms with E-state index < -0.39 is 17.4 Å². The summed E-state index contributed by atoms with van der Waals surface area (Å²) >= 11 is 6.13. The normalized spacial score (nSPS) is 15.6. The average Bonchev–Trinajstić information content (AvgIpc) is 3.43. The predicted molar refractivity (Wildman–Crippen MR) is 89.8 cm³/mol. The Kier molecular flexibility index (Phi) is 3.58. The maximum atomic E-state index is 14.2. The summed E-state index contributed by atoms with van der Waals surface area (Å²) < 4.78 is 15.6. The van der Waals surface area contributed by atoms with E-state index in [0.717, 1.165) is 12.8 Å². The van der Waals surface area contributed by atoms with Crippen molar-refractivity contribution in [1.29, 1.82) is 0 Å². The number of halogens is 2. The van der Waals surface area contributed by atoms with Crippen molar-refractivity contribution in [2.75, 3.05) is 0 Å².